The van der Waals surface area contributed by atoms with Gasteiger partial charge in [0.2, 0.25) is 11.8 Å². The lowest BCUT2D eigenvalue weighted by Crippen LogP contribution is -2.60. The Bertz CT molecular complexity index is 1140. The molecule has 1 unspecified atom stereocenters. The van der Waals surface area contributed by atoms with Crippen LogP contribution in [0.15, 0.2) is 72.9 Å². The molecule has 31 heavy (non-hydrogen) atoms. The topological polar surface area (TPSA) is 57.6 Å². The summed E-state index contributed by atoms with van der Waals surface area (Å²) >= 11 is 0. The molecule has 0 bridgehead atoms. The molecule has 3 aromatic rings. The predicted octanol–water partition coefficient (Wildman–Crippen LogP) is 3.66. The number of hydrogen-bond acceptors (Lipinski definition) is 3. The van der Waals surface area contributed by atoms with Gasteiger partial charge in [0, 0.05) is 25.0 Å². The van der Waals surface area contributed by atoms with Crippen LogP contribution in [0.3, 0.4) is 0 Å². The molecule has 2 aliphatic rings. The molecule has 0 fully saturated rings. The Labute approximate surface area is 182 Å². The van der Waals surface area contributed by atoms with Crippen molar-refractivity contribution in [2.45, 2.75) is 32.0 Å². The molecule has 2 aliphatic heterocycles. The normalized spacial score (nSPS) is 20.0. The first kappa shape index (κ1) is 19.6. The van der Waals surface area contributed by atoms with E-state index in [1.807, 2.05) is 42.5 Å². The third kappa shape index (κ3) is 3.24. The first-order chi connectivity index (χ1) is 15.0. The van der Waals surface area contributed by atoms with Gasteiger partial charge in [-0.15, -0.1) is 0 Å². The van der Waals surface area contributed by atoms with E-state index in [1.165, 1.54) is 5.69 Å². The van der Waals surface area contributed by atoms with Gasteiger partial charge < -0.3 is 9.88 Å². The lowest BCUT2D eigenvalue weighted by atomic mass is 9.95. The zero-order valence-electron chi connectivity index (χ0n) is 17.8. The molecule has 5 rings (SSSR count). The van der Waals surface area contributed by atoms with Crippen molar-refractivity contribution in [3.05, 3.63) is 84.2 Å². The lowest BCUT2D eigenvalue weighted by molar-refractivity contribution is -0.127. The summed E-state index contributed by atoms with van der Waals surface area (Å²) in [6, 6.07) is 22.0. The quantitative estimate of drug-likeness (QED) is 0.712. The van der Waals surface area contributed by atoms with Crippen LogP contribution in [-0.2, 0) is 16.1 Å². The Morgan fingerprint density at radius 3 is 2.55 bits per heavy atom. The number of para-hydroxylation sites is 2. The summed E-state index contributed by atoms with van der Waals surface area (Å²) in [4.78, 5) is 30.4. The lowest BCUT2D eigenvalue weighted by Gasteiger charge is -2.44. The zero-order chi connectivity index (χ0) is 21.6. The summed E-state index contributed by atoms with van der Waals surface area (Å²) in [7, 11) is 0. The van der Waals surface area contributed by atoms with E-state index >= 15 is 0 Å². The number of anilines is 2. The van der Waals surface area contributed by atoms with E-state index in [9.17, 15) is 9.59 Å². The van der Waals surface area contributed by atoms with Gasteiger partial charge in [0.05, 0.1) is 24.0 Å². The highest BCUT2D eigenvalue weighted by Gasteiger charge is 2.44. The number of nitrogens with zero attached hydrogens (tertiary/aromatic N) is 3. The summed E-state index contributed by atoms with van der Waals surface area (Å²) in [5.41, 5.74) is 2.79. The summed E-state index contributed by atoms with van der Waals surface area (Å²) in [5.74, 6) is -0.250. The Morgan fingerprint density at radius 1 is 1.00 bits per heavy atom. The Morgan fingerprint density at radius 2 is 1.74 bits per heavy atom. The Balaban J connectivity index is 1.50. The maximum absolute atomic E-state index is 13.7. The molecule has 0 radical (unpaired) electrons. The number of benzene rings is 2. The molecular formula is C25H26N4O2. The number of aromatic nitrogens is 1. The van der Waals surface area contributed by atoms with Crippen LogP contribution in [0.4, 0.5) is 11.4 Å². The van der Waals surface area contributed by atoms with Crippen molar-refractivity contribution in [2.24, 2.45) is 0 Å². The number of carbonyl (C=O) groups is 2. The van der Waals surface area contributed by atoms with E-state index in [1.54, 1.807) is 18.7 Å². The van der Waals surface area contributed by atoms with Gasteiger partial charge in [0.1, 0.15) is 5.54 Å². The smallest absolute Gasteiger partial charge is 0.250 e. The average Bonchev–Trinajstić information content (AvgIpc) is 3.23. The summed E-state index contributed by atoms with van der Waals surface area (Å²) in [6.45, 7) is 5.42. The van der Waals surface area contributed by atoms with Crippen LogP contribution in [0, 0.1) is 0 Å². The van der Waals surface area contributed by atoms with E-state index in [2.05, 4.69) is 45.2 Å². The maximum Gasteiger partial charge on any atom is 0.250 e. The van der Waals surface area contributed by atoms with Gasteiger partial charge >= 0.3 is 0 Å². The molecule has 1 atom stereocenters. The number of hydrogen-bond donors (Lipinski definition) is 1. The fraction of sp³-hybridized carbons (Fsp3) is 0.280. The minimum Gasteiger partial charge on any atom is -0.348 e. The fourth-order valence-electron chi connectivity index (χ4n) is 4.76. The predicted molar refractivity (Wildman–Crippen MR) is 121 cm³/mol. The molecule has 2 aromatic carbocycles. The van der Waals surface area contributed by atoms with Crippen LogP contribution < -0.4 is 10.2 Å². The third-order valence-electron chi connectivity index (χ3n) is 6.35. The SMILES string of the molecule is CC1(C)C(=O)Nc2ccccc2N1C(=O)CN1CCn2cccc2C1c1ccccc1. The first-order valence-corrected chi connectivity index (χ1v) is 10.6. The second-order valence-electron chi connectivity index (χ2n) is 8.67. The van der Waals surface area contributed by atoms with Crippen molar-refractivity contribution in [3.8, 4) is 0 Å². The summed E-state index contributed by atoms with van der Waals surface area (Å²) in [5, 5.41) is 2.93. The molecule has 1 aromatic heterocycles. The number of fused-ring (bicyclic) bond motifs is 2. The summed E-state index contributed by atoms with van der Waals surface area (Å²) in [6.07, 6.45) is 2.10. The maximum atomic E-state index is 13.7. The highest BCUT2D eigenvalue weighted by Crippen LogP contribution is 2.38. The van der Waals surface area contributed by atoms with Gasteiger partial charge in [0.25, 0.3) is 0 Å². The molecule has 1 N–H and O–H groups in total. The minimum atomic E-state index is -0.969. The van der Waals surface area contributed by atoms with E-state index in [-0.39, 0.29) is 24.4 Å². The van der Waals surface area contributed by atoms with Crippen LogP contribution in [0.1, 0.15) is 31.1 Å². The van der Waals surface area contributed by atoms with E-state index in [4.69, 9.17) is 0 Å². The zero-order valence-corrected chi connectivity index (χ0v) is 17.8. The molecular weight excluding hydrogens is 388 g/mol. The van der Waals surface area contributed by atoms with Gasteiger partial charge in [-0.3, -0.25) is 19.4 Å². The third-order valence-corrected chi connectivity index (χ3v) is 6.35. The molecule has 0 spiro atoms. The van der Waals surface area contributed by atoms with Crippen molar-refractivity contribution in [3.63, 3.8) is 0 Å². The van der Waals surface area contributed by atoms with Crippen LogP contribution in [0.5, 0.6) is 0 Å². The highest BCUT2D eigenvalue weighted by atomic mass is 16.2. The standard InChI is InChI=1S/C25H26N4O2/c1-25(2)24(31)26-19-11-6-7-12-20(19)29(25)22(30)17-28-16-15-27-14-8-13-21(27)23(28)18-9-4-3-5-10-18/h3-14,23H,15-17H2,1-2H3,(H,26,31). The van der Waals surface area contributed by atoms with Crippen LogP contribution in [0.2, 0.25) is 0 Å². The number of rotatable bonds is 3. The van der Waals surface area contributed by atoms with Crippen molar-refractivity contribution in [1.29, 1.82) is 0 Å². The Kier molecular flexibility index (Phi) is 4.67. The summed E-state index contributed by atoms with van der Waals surface area (Å²) < 4.78 is 2.26. The van der Waals surface area contributed by atoms with Crippen molar-refractivity contribution < 1.29 is 9.59 Å². The number of amides is 2. The highest BCUT2D eigenvalue weighted by molar-refractivity contribution is 6.14. The van der Waals surface area contributed by atoms with E-state index in [0.29, 0.717) is 5.69 Å². The second kappa shape index (κ2) is 7.39. The van der Waals surface area contributed by atoms with Crippen LogP contribution in [0.25, 0.3) is 0 Å². The largest absolute Gasteiger partial charge is 0.348 e. The number of nitrogens with one attached hydrogen (secondary N) is 1. The second-order valence-corrected chi connectivity index (χ2v) is 8.67. The molecule has 6 nitrogen and oxygen atoms in total. The van der Waals surface area contributed by atoms with Gasteiger partial charge in [-0.1, -0.05) is 42.5 Å². The van der Waals surface area contributed by atoms with Crippen molar-refractivity contribution >= 4 is 23.2 Å². The fourth-order valence-corrected chi connectivity index (χ4v) is 4.76. The van der Waals surface area contributed by atoms with Gasteiger partial charge in [-0.25, -0.2) is 0 Å². The monoisotopic (exact) mass is 414 g/mol. The molecule has 0 aliphatic carbocycles. The van der Waals surface area contributed by atoms with Gasteiger partial charge in [0.15, 0.2) is 0 Å². The van der Waals surface area contributed by atoms with Crippen LogP contribution in [-0.4, -0.2) is 39.9 Å². The minimum absolute atomic E-state index is 0.00845. The molecule has 2 amide bonds. The average molecular weight is 415 g/mol. The first-order valence-electron chi connectivity index (χ1n) is 10.6. The Hall–Kier alpha value is -3.38. The molecule has 6 heteroatoms. The van der Waals surface area contributed by atoms with Gasteiger partial charge in [-0.05, 0) is 43.7 Å². The number of carbonyl (C=O) groups excluding carboxylic acids is 2. The van der Waals surface area contributed by atoms with Gasteiger partial charge in [-0.2, -0.15) is 0 Å². The van der Waals surface area contributed by atoms with E-state index in [0.717, 1.165) is 24.3 Å². The molecule has 158 valence electrons. The van der Waals surface area contributed by atoms with E-state index < -0.39 is 5.54 Å². The van der Waals surface area contributed by atoms with Crippen molar-refractivity contribution in [1.82, 2.24) is 9.47 Å². The van der Waals surface area contributed by atoms with Crippen molar-refractivity contribution in [2.75, 3.05) is 23.3 Å². The molecule has 0 saturated heterocycles. The molecule has 3 heterocycles. The van der Waals surface area contributed by atoms with Crippen LogP contribution >= 0.6 is 0 Å². The molecule has 0 saturated carbocycles.